The van der Waals surface area contributed by atoms with Crippen molar-refractivity contribution in [3.63, 3.8) is 0 Å². The average molecular weight is 485 g/mol. The molecule has 0 bridgehead atoms. The van der Waals surface area contributed by atoms with Gasteiger partial charge in [-0.15, -0.1) is 0 Å². The van der Waals surface area contributed by atoms with Gasteiger partial charge < -0.3 is 24.6 Å². The first-order valence-electron chi connectivity index (χ1n) is 11.6. The topological polar surface area (TPSA) is 71.1 Å². The second-order valence-corrected chi connectivity index (χ2v) is 9.82. The van der Waals surface area contributed by atoms with E-state index in [9.17, 15) is 27.2 Å². The second kappa shape index (κ2) is 8.58. The highest BCUT2D eigenvalue weighted by atomic mass is 19.4. The van der Waals surface area contributed by atoms with Gasteiger partial charge in [0.1, 0.15) is 6.61 Å². The van der Waals surface area contributed by atoms with Crippen molar-refractivity contribution in [2.24, 2.45) is 5.41 Å². The Hall–Kier alpha value is -2.56. The summed E-state index contributed by atoms with van der Waals surface area (Å²) in [6, 6.07) is 2.11. The molecule has 186 valence electrons. The van der Waals surface area contributed by atoms with Gasteiger partial charge in [0.2, 0.25) is 5.91 Å². The van der Waals surface area contributed by atoms with Gasteiger partial charge in [0, 0.05) is 26.2 Å². The number of nitrogens with one attached hydrogen (secondary N) is 1. The molecule has 1 aromatic rings. The summed E-state index contributed by atoms with van der Waals surface area (Å²) < 4.78 is 63.4. The molecule has 7 nitrogen and oxygen atoms in total. The number of carbonyl (C=O) groups is 2. The maximum Gasteiger partial charge on any atom is 0.416 e. The Morgan fingerprint density at radius 2 is 1.88 bits per heavy atom. The highest BCUT2D eigenvalue weighted by molar-refractivity contribution is 5.79. The summed E-state index contributed by atoms with van der Waals surface area (Å²) in [4.78, 5) is 28.2. The quantitative estimate of drug-likeness (QED) is 0.654. The van der Waals surface area contributed by atoms with Crippen LogP contribution in [-0.2, 0) is 15.7 Å². The zero-order valence-electron chi connectivity index (χ0n) is 18.6. The molecule has 0 aromatic heterocycles. The van der Waals surface area contributed by atoms with E-state index in [1.807, 2.05) is 4.90 Å². The predicted molar refractivity (Wildman–Crippen MR) is 112 cm³/mol. The number of amides is 3. The zero-order valence-corrected chi connectivity index (χ0v) is 18.6. The number of nitrogens with zero attached hydrogens (tertiary/aromatic N) is 2. The Morgan fingerprint density at radius 1 is 1.15 bits per heavy atom. The van der Waals surface area contributed by atoms with Crippen molar-refractivity contribution in [2.45, 2.75) is 56.5 Å². The summed E-state index contributed by atoms with van der Waals surface area (Å²) in [5.41, 5.74) is -1.02. The monoisotopic (exact) mass is 485 g/mol. The van der Waals surface area contributed by atoms with Crippen LogP contribution in [0.3, 0.4) is 0 Å². The molecule has 5 rings (SSSR count). The lowest BCUT2D eigenvalue weighted by Crippen LogP contribution is -2.63. The molecular weight excluding hydrogens is 458 g/mol. The number of likely N-dealkylation sites (tertiary alicyclic amines) is 2. The number of piperidine rings is 2. The largest absolute Gasteiger partial charge is 0.487 e. The van der Waals surface area contributed by atoms with Crippen molar-refractivity contribution in [1.29, 1.82) is 0 Å². The molecule has 3 saturated heterocycles. The van der Waals surface area contributed by atoms with E-state index in [-0.39, 0.29) is 48.0 Å². The molecule has 3 aliphatic heterocycles. The molecule has 1 aromatic carbocycles. The molecule has 1 saturated carbocycles. The zero-order chi connectivity index (χ0) is 24.1. The van der Waals surface area contributed by atoms with Crippen molar-refractivity contribution < 1.29 is 36.6 Å². The van der Waals surface area contributed by atoms with Crippen LogP contribution in [-0.4, -0.2) is 72.8 Å². The van der Waals surface area contributed by atoms with Crippen LogP contribution in [0, 0.1) is 11.2 Å². The van der Waals surface area contributed by atoms with Crippen LogP contribution in [0.15, 0.2) is 18.2 Å². The van der Waals surface area contributed by atoms with Crippen molar-refractivity contribution in [2.75, 3.05) is 32.8 Å². The maximum absolute atomic E-state index is 14.1. The third-order valence-electron chi connectivity index (χ3n) is 7.56. The lowest BCUT2D eigenvalue weighted by Gasteiger charge is -2.52. The Kier molecular flexibility index (Phi) is 5.86. The SMILES string of the molecule is O=C1CO[C@@H]2CCN(C(=O)N3CCC4(CC3)CC(Oc3ccc(C(F)(F)F)cc3F)C4)C[C@H]2N1. The van der Waals surface area contributed by atoms with E-state index in [1.165, 1.54) is 0 Å². The van der Waals surface area contributed by atoms with Crippen LogP contribution >= 0.6 is 0 Å². The summed E-state index contributed by atoms with van der Waals surface area (Å²) in [6.07, 6.45) is -1.23. The normalized spacial score (nSPS) is 27.1. The number of rotatable bonds is 2. The number of ether oxygens (including phenoxy) is 2. The van der Waals surface area contributed by atoms with E-state index in [2.05, 4.69) is 5.32 Å². The van der Waals surface area contributed by atoms with E-state index in [1.54, 1.807) is 4.90 Å². The molecule has 11 heteroatoms. The van der Waals surface area contributed by atoms with Crippen LogP contribution in [0.5, 0.6) is 5.75 Å². The van der Waals surface area contributed by atoms with Crippen LogP contribution in [0.2, 0.25) is 0 Å². The summed E-state index contributed by atoms with van der Waals surface area (Å²) in [5.74, 6) is -1.34. The number of alkyl halides is 3. The third kappa shape index (κ3) is 4.54. The molecule has 0 unspecified atom stereocenters. The van der Waals surface area contributed by atoms with Gasteiger partial charge in [0.25, 0.3) is 0 Å². The van der Waals surface area contributed by atoms with Crippen molar-refractivity contribution in [3.8, 4) is 5.75 Å². The van der Waals surface area contributed by atoms with Crippen LogP contribution in [0.25, 0.3) is 0 Å². The molecule has 0 radical (unpaired) electrons. The standard InChI is InChI=1S/C23H27F4N3O4/c24-16-9-14(23(25,26)27)1-2-18(16)34-15-10-22(11-15)4-7-29(8-5-22)21(32)30-6-3-19-17(12-30)28-20(31)13-33-19/h1-2,9,15,17,19H,3-8,10-13H2,(H,28,31)/t17-,19-/m1/s1. The second-order valence-electron chi connectivity index (χ2n) is 9.82. The first-order valence-corrected chi connectivity index (χ1v) is 11.6. The predicted octanol–water partition coefficient (Wildman–Crippen LogP) is 3.18. The summed E-state index contributed by atoms with van der Waals surface area (Å²) in [7, 11) is 0. The third-order valence-corrected chi connectivity index (χ3v) is 7.56. The Morgan fingerprint density at radius 3 is 2.56 bits per heavy atom. The molecule has 2 atom stereocenters. The smallest absolute Gasteiger partial charge is 0.416 e. The number of hydrogen-bond acceptors (Lipinski definition) is 4. The molecule has 4 fully saturated rings. The van der Waals surface area contributed by atoms with Gasteiger partial charge in [-0.25, -0.2) is 9.18 Å². The van der Waals surface area contributed by atoms with Crippen LogP contribution < -0.4 is 10.1 Å². The molecule has 34 heavy (non-hydrogen) atoms. The highest BCUT2D eigenvalue weighted by Gasteiger charge is 2.48. The Balaban J connectivity index is 1.10. The Labute approximate surface area is 194 Å². The first-order chi connectivity index (χ1) is 16.1. The minimum absolute atomic E-state index is 0.0159. The highest BCUT2D eigenvalue weighted by Crippen LogP contribution is 2.50. The molecule has 1 N–H and O–H groups in total. The molecule has 3 amide bonds. The number of carbonyl (C=O) groups excluding carboxylic acids is 2. The van der Waals surface area contributed by atoms with Gasteiger partial charge in [0.05, 0.1) is 23.8 Å². The number of halogens is 4. The lowest BCUT2D eigenvalue weighted by atomic mass is 9.61. The fraction of sp³-hybridized carbons (Fsp3) is 0.652. The molecule has 1 spiro atoms. The fourth-order valence-electron chi connectivity index (χ4n) is 5.60. The number of hydrogen-bond donors (Lipinski definition) is 1. The minimum Gasteiger partial charge on any atom is -0.487 e. The lowest BCUT2D eigenvalue weighted by molar-refractivity contribution is -0.140. The van der Waals surface area contributed by atoms with Gasteiger partial charge in [-0.2, -0.15) is 13.2 Å². The summed E-state index contributed by atoms with van der Waals surface area (Å²) in [5, 5.41) is 2.90. The van der Waals surface area contributed by atoms with Crippen LogP contribution in [0.4, 0.5) is 22.4 Å². The van der Waals surface area contributed by atoms with Crippen LogP contribution in [0.1, 0.15) is 37.7 Å². The molecule has 1 aliphatic carbocycles. The molecule has 4 aliphatic rings. The maximum atomic E-state index is 14.1. The van der Waals surface area contributed by atoms with E-state index in [0.29, 0.717) is 51.5 Å². The minimum atomic E-state index is -4.60. The number of fused-ring (bicyclic) bond motifs is 1. The van der Waals surface area contributed by atoms with Gasteiger partial charge in [-0.05, 0) is 55.7 Å². The van der Waals surface area contributed by atoms with Gasteiger partial charge >= 0.3 is 12.2 Å². The van der Waals surface area contributed by atoms with Gasteiger partial charge in [0.15, 0.2) is 11.6 Å². The van der Waals surface area contributed by atoms with Gasteiger partial charge in [-0.1, -0.05) is 0 Å². The first kappa shape index (κ1) is 23.2. The van der Waals surface area contributed by atoms with Crippen molar-refractivity contribution in [3.05, 3.63) is 29.6 Å². The molecular formula is C23H27F4N3O4. The van der Waals surface area contributed by atoms with E-state index in [0.717, 1.165) is 25.0 Å². The van der Waals surface area contributed by atoms with Crippen molar-refractivity contribution in [1.82, 2.24) is 15.1 Å². The van der Waals surface area contributed by atoms with E-state index >= 15 is 0 Å². The number of morpholine rings is 1. The van der Waals surface area contributed by atoms with Gasteiger partial charge in [-0.3, -0.25) is 4.79 Å². The average Bonchev–Trinajstić information content (AvgIpc) is 2.78. The van der Waals surface area contributed by atoms with E-state index < -0.39 is 17.6 Å². The summed E-state index contributed by atoms with van der Waals surface area (Å²) in [6.45, 7) is 2.30. The molecule has 3 heterocycles. The fourth-order valence-corrected chi connectivity index (χ4v) is 5.60. The Bertz CT molecular complexity index is 956. The number of benzene rings is 1. The van der Waals surface area contributed by atoms with E-state index in [4.69, 9.17) is 9.47 Å². The van der Waals surface area contributed by atoms with Crippen molar-refractivity contribution >= 4 is 11.9 Å². The summed E-state index contributed by atoms with van der Waals surface area (Å²) >= 11 is 0. The number of urea groups is 1.